The van der Waals surface area contributed by atoms with E-state index in [1.807, 2.05) is 19.9 Å². The van der Waals surface area contributed by atoms with Gasteiger partial charge in [-0.2, -0.15) is 0 Å². The second-order valence-electron chi connectivity index (χ2n) is 8.87. The first-order chi connectivity index (χ1) is 19.3. The highest BCUT2D eigenvalue weighted by atomic mass is 19.1. The molecule has 9 nitrogen and oxygen atoms in total. The lowest BCUT2D eigenvalue weighted by Gasteiger charge is -2.25. The topological polar surface area (TPSA) is 117 Å². The molecule has 4 rings (SSSR count). The van der Waals surface area contributed by atoms with Crippen molar-refractivity contribution < 1.29 is 28.3 Å². The van der Waals surface area contributed by atoms with Crippen molar-refractivity contribution in [2.75, 3.05) is 24.4 Å². The number of urea groups is 1. The Morgan fingerprint density at radius 2 is 1.68 bits per heavy atom. The van der Waals surface area contributed by atoms with E-state index in [2.05, 4.69) is 16.0 Å². The third-order valence-electron chi connectivity index (χ3n) is 6.04. The first kappa shape index (κ1) is 30.0. The van der Waals surface area contributed by atoms with Crippen LogP contribution < -0.4 is 16.0 Å². The van der Waals surface area contributed by atoms with Gasteiger partial charge in [0.1, 0.15) is 24.5 Å². The van der Waals surface area contributed by atoms with Crippen molar-refractivity contribution >= 4 is 35.1 Å². The number of hydrogen-bond donors (Lipinski definition) is 3. The van der Waals surface area contributed by atoms with Crippen molar-refractivity contribution in [1.29, 1.82) is 0 Å². The summed E-state index contributed by atoms with van der Waals surface area (Å²) in [6.07, 6.45) is 0.0382. The molecule has 1 aliphatic heterocycles. The molecule has 3 N–H and O–H groups in total. The summed E-state index contributed by atoms with van der Waals surface area (Å²) >= 11 is 0. The van der Waals surface area contributed by atoms with Gasteiger partial charge in [-0.25, -0.2) is 14.1 Å². The van der Waals surface area contributed by atoms with Crippen LogP contribution in [0, 0.1) is 12.7 Å². The molecule has 0 aromatic heterocycles. The van der Waals surface area contributed by atoms with Gasteiger partial charge in [-0.15, -0.1) is 0 Å². The molecule has 1 aliphatic rings. The van der Waals surface area contributed by atoms with Crippen molar-refractivity contribution in [2.45, 2.75) is 39.3 Å². The van der Waals surface area contributed by atoms with Crippen LogP contribution in [0.1, 0.15) is 36.6 Å². The second kappa shape index (κ2) is 14.0. The Bertz CT molecular complexity index is 1350. The quantitative estimate of drug-likeness (QED) is 0.338. The van der Waals surface area contributed by atoms with Crippen LogP contribution in [0.3, 0.4) is 0 Å². The van der Waals surface area contributed by atoms with Crippen molar-refractivity contribution in [3.63, 3.8) is 0 Å². The number of rotatable bonds is 9. The molecule has 0 spiro atoms. The summed E-state index contributed by atoms with van der Waals surface area (Å²) < 4.78 is 19.3. The van der Waals surface area contributed by atoms with Crippen LogP contribution in [0.15, 0.2) is 72.8 Å². The molecule has 0 radical (unpaired) electrons. The number of aryl methyl sites for hydroxylation is 1. The standard InChI is InChI=1S/C28H27FN4O5.C2H6/c1-17-8-13-22(21(29)14-17)31-26(35)23(15-18-6-4-3-5-7-18)33-27(36)25(32-28(33)37)19-9-11-20(12-10-19)30-24(34)16-38-2;1-2/h3-14,23,25H,15-16H2,1-2H3,(H,30,34)(H,31,35)(H,32,37);1-2H3/t23?,25-;/m1./s1. The molecule has 3 aromatic rings. The number of anilines is 2. The predicted molar refractivity (Wildman–Crippen MR) is 150 cm³/mol. The number of imide groups is 1. The van der Waals surface area contributed by atoms with E-state index in [9.17, 15) is 23.6 Å². The summed E-state index contributed by atoms with van der Waals surface area (Å²) in [5.41, 5.74) is 2.32. The Kier molecular flexibility index (Phi) is 10.5. The summed E-state index contributed by atoms with van der Waals surface area (Å²) in [4.78, 5) is 52.5. The predicted octanol–water partition coefficient (Wildman–Crippen LogP) is 4.59. The van der Waals surface area contributed by atoms with Gasteiger partial charge < -0.3 is 20.7 Å². The third-order valence-corrected chi connectivity index (χ3v) is 6.04. The Morgan fingerprint density at radius 1 is 1.00 bits per heavy atom. The minimum atomic E-state index is -1.23. The fraction of sp³-hybridized carbons (Fsp3) is 0.267. The number of benzene rings is 3. The monoisotopic (exact) mass is 548 g/mol. The lowest BCUT2D eigenvalue weighted by atomic mass is 10.0. The van der Waals surface area contributed by atoms with Gasteiger partial charge in [-0.05, 0) is 47.9 Å². The lowest BCUT2D eigenvalue weighted by Crippen LogP contribution is -2.49. The average Bonchev–Trinajstić information content (AvgIpc) is 3.24. The van der Waals surface area contributed by atoms with E-state index in [1.165, 1.54) is 19.2 Å². The van der Waals surface area contributed by atoms with Crippen LogP contribution >= 0.6 is 0 Å². The summed E-state index contributed by atoms with van der Waals surface area (Å²) in [6.45, 7) is 5.62. The van der Waals surface area contributed by atoms with Gasteiger partial charge in [0, 0.05) is 19.2 Å². The Labute approximate surface area is 232 Å². The van der Waals surface area contributed by atoms with Gasteiger partial charge >= 0.3 is 6.03 Å². The summed E-state index contributed by atoms with van der Waals surface area (Å²) in [7, 11) is 1.41. The molecule has 210 valence electrons. The molecule has 10 heteroatoms. The summed E-state index contributed by atoms with van der Waals surface area (Å²) in [6, 6.07) is 16.7. The van der Waals surface area contributed by atoms with Crippen molar-refractivity contribution in [1.82, 2.24) is 10.2 Å². The summed E-state index contributed by atoms with van der Waals surface area (Å²) in [5.74, 6) is -2.27. The molecule has 0 bridgehead atoms. The van der Waals surface area contributed by atoms with Gasteiger partial charge in [0.2, 0.25) is 11.8 Å². The second-order valence-corrected chi connectivity index (χ2v) is 8.87. The molecule has 1 fully saturated rings. The van der Waals surface area contributed by atoms with Crippen LogP contribution in [-0.2, 0) is 25.5 Å². The maximum Gasteiger partial charge on any atom is 0.325 e. The van der Waals surface area contributed by atoms with Crippen LogP contribution in [-0.4, -0.2) is 48.4 Å². The maximum absolute atomic E-state index is 14.5. The van der Waals surface area contributed by atoms with Crippen molar-refractivity contribution in [3.8, 4) is 0 Å². The van der Waals surface area contributed by atoms with Crippen LogP contribution in [0.5, 0.6) is 0 Å². The van der Waals surface area contributed by atoms with Crippen molar-refractivity contribution in [3.05, 3.63) is 95.3 Å². The molecule has 0 saturated carbocycles. The molecule has 3 aromatic carbocycles. The lowest BCUT2D eigenvalue weighted by molar-refractivity contribution is -0.134. The minimum Gasteiger partial charge on any atom is -0.375 e. The van der Waals surface area contributed by atoms with Crippen LogP contribution in [0.25, 0.3) is 0 Å². The van der Waals surface area contributed by atoms with E-state index in [1.54, 1.807) is 61.5 Å². The zero-order chi connectivity index (χ0) is 29.2. The SMILES string of the molecule is CC.COCC(=O)Nc1ccc([C@H]2NC(=O)N(C(Cc3ccccc3)C(=O)Nc3ccc(C)cc3F)C2=O)cc1. The van der Waals surface area contributed by atoms with Crippen LogP contribution in [0.4, 0.5) is 20.6 Å². The van der Waals surface area contributed by atoms with Gasteiger partial charge in [-0.3, -0.25) is 14.4 Å². The van der Waals surface area contributed by atoms with E-state index < -0.39 is 35.7 Å². The maximum atomic E-state index is 14.5. The van der Waals surface area contributed by atoms with E-state index in [0.717, 1.165) is 10.5 Å². The van der Waals surface area contributed by atoms with E-state index in [-0.39, 0.29) is 24.6 Å². The highest BCUT2D eigenvalue weighted by Crippen LogP contribution is 2.27. The highest BCUT2D eigenvalue weighted by molar-refractivity contribution is 6.09. The first-order valence-electron chi connectivity index (χ1n) is 12.9. The molecule has 0 aliphatic carbocycles. The summed E-state index contributed by atoms with van der Waals surface area (Å²) in [5, 5.41) is 7.81. The van der Waals surface area contributed by atoms with Gasteiger partial charge in [0.25, 0.3) is 5.91 Å². The number of nitrogens with one attached hydrogen (secondary N) is 3. The van der Waals surface area contributed by atoms with Gasteiger partial charge in [0.05, 0.1) is 5.69 Å². The molecule has 5 amide bonds. The average molecular weight is 549 g/mol. The Hall–Kier alpha value is -4.57. The third kappa shape index (κ3) is 7.29. The zero-order valence-corrected chi connectivity index (χ0v) is 22.9. The van der Waals surface area contributed by atoms with E-state index in [0.29, 0.717) is 16.8 Å². The molecule has 40 heavy (non-hydrogen) atoms. The number of methoxy groups -OCH3 is 1. The molecular formula is C30H33FN4O5. The smallest absolute Gasteiger partial charge is 0.325 e. The van der Waals surface area contributed by atoms with Gasteiger partial charge in [-0.1, -0.05) is 62.4 Å². The highest BCUT2D eigenvalue weighted by Gasteiger charge is 2.45. The van der Waals surface area contributed by atoms with E-state index in [4.69, 9.17) is 4.74 Å². The number of nitrogens with zero attached hydrogens (tertiary/aromatic N) is 1. The molecule has 1 saturated heterocycles. The zero-order valence-electron chi connectivity index (χ0n) is 22.9. The Morgan fingerprint density at radius 3 is 2.30 bits per heavy atom. The number of halogens is 1. The number of amides is 5. The van der Waals surface area contributed by atoms with E-state index >= 15 is 0 Å². The Balaban J connectivity index is 0.00000216. The normalized spacial score (nSPS) is 15.0. The molecule has 1 heterocycles. The number of ether oxygens (including phenoxy) is 1. The molecule has 2 atom stereocenters. The number of carbonyl (C=O) groups excluding carboxylic acids is 4. The van der Waals surface area contributed by atoms with Gasteiger partial charge in [0.15, 0.2) is 0 Å². The molecule has 1 unspecified atom stereocenters. The van der Waals surface area contributed by atoms with Crippen molar-refractivity contribution in [2.24, 2.45) is 0 Å². The number of hydrogen-bond acceptors (Lipinski definition) is 5. The van der Waals surface area contributed by atoms with Crippen LogP contribution in [0.2, 0.25) is 0 Å². The fourth-order valence-electron chi connectivity index (χ4n) is 4.18. The fourth-order valence-corrected chi connectivity index (χ4v) is 4.18. The number of carbonyl (C=O) groups is 4. The first-order valence-corrected chi connectivity index (χ1v) is 12.9. The molecular weight excluding hydrogens is 515 g/mol. The minimum absolute atomic E-state index is 0.0382. The largest absolute Gasteiger partial charge is 0.375 e.